The number of rotatable bonds is 6. The summed E-state index contributed by atoms with van der Waals surface area (Å²) in [6.45, 7) is 7.30. The Morgan fingerprint density at radius 2 is 1.94 bits per heavy atom. The van der Waals surface area contributed by atoms with Crippen molar-refractivity contribution < 1.29 is 4.79 Å². The van der Waals surface area contributed by atoms with Gasteiger partial charge in [0.1, 0.15) is 17.2 Å². The molecule has 170 valence electrons. The van der Waals surface area contributed by atoms with Crippen LogP contribution in [-0.4, -0.2) is 33.4 Å². The standard InChI is InChI=1S/C25H29N7O/c1-25(2,3)20-5-4-6-21(30-20)31-22-18(23(33)28-16-9-10-16)14-27-24(32-22)29-17-8-7-15-11-12-26-19(15)13-17/h4-8,13-14,16,26H,9-12H2,1-3H3,(H,28,33)(H2,27,29,30,31,32). The van der Waals surface area contributed by atoms with Crippen molar-refractivity contribution in [3.63, 3.8) is 0 Å². The van der Waals surface area contributed by atoms with Gasteiger partial charge in [0.25, 0.3) is 5.91 Å². The second-order valence-corrected chi connectivity index (χ2v) is 9.66. The molecule has 33 heavy (non-hydrogen) atoms. The van der Waals surface area contributed by atoms with Gasteiger partial charge < -0.3 is 21.3 Å². The van der Waals surface area contributed by atoms with Crippen LogP contribution in [0.1, 0.15) is 55.2 Å². The summed E-state index contributed by atoms with van der Waals surface area (Å²) in [5, 5.41) is 12.9. The summed E-state index contributed by atoms with van der Waals surface area (Å²) in [4.78, 5) is 26.6. The topological polar surface area (TPSA) is 104 Å². The Kier molecular flexibility index (Phi) is 5.36. The summed E-state index contributed by atoms with van der Waals surface area (Å²) < 4.78 is 0. The van der Waals surface area contributed by atoms with Gasteiger partial charge in [-0.25, -0.2) is 9.97 Å². The van der Waals surface area contributed by atoms with Crippen LogP contribution >= 0.6 is 0 Å². The van der Waals surface area contributed by atoms with Gasteiger partial charge in [0, 0.05) is 41.3 Å². The van der Waals surface area contributed by atoms with Gasteiger partial charge in [-0.2, -0.15) is 4.98 Å². The van der Waals surface area contributed by atoms with Crippen molar-refractivity contribution in [2.75, 3.05) is 22.5 Å². The maximum Gasteiger partial charge on any atom is 0.256 e. The lowest BCUT2D eigenvalue weighted by Crippen LogP contribution is -2.26. The second-order valence-electron chi connectivity index (χ2n) is 9.66. The molecule has 2 aromatic heterocycles. The maximum absolute atomic E-state index is 12.8. The highest BCUT2D eigenvalue weighted by Gasteiger charge is 2.26. The van der Waals surface area contributed by atoms with E-state index in [0.717, 1.165) is 42.9 Å². The zero-order valence-electron chi connectivity index (χ0n) is 19.2. The fourth-order valence-electron chi connectivity index (χ4n) is 3.74. The Morgan fingerprint density at radius 1 is 1.09 bits per heavy atom. The van der Waals surface area contributed by atoms with E-state index < -0.39 is 0 Å². The van der Waals surface area contributed by atoms with Gasteiger partial charge in [0.15, 0.2) is 0 Å². The molecule has 1 fully saturated rings. The van der Waals surface area contributed by atoms with Crippen LogP contribution in [0.15, 0.2) is 42.6 Å². The van der Waals surface area contributed by atoms with Gasteiger partial charge in [-0.1, -0.05) is 32.9 Å². The number of amides is 1. The van der Waals surface area contributed by atoms with Crippen LogP contribution in [0.5, 0.6) is 0 Å². The summed E-state index contributed by atoms with van der Waals surface area (Å²) >= 11 is 0. The third-order valence-corrected chi connectivity index (χ3v) is 5.79. The van der Waals surface area contributed by atoms with Crippen molar-refractivity contribution in [3.8, 4) is 0 Å². The fourth-order valence-corrected chi connectivity index (χ4v) is 3.74. The van der Waals surface area contributed by atoms with Crippen molar-refractivity contribution in [2.24, 2.45) is 0 Å². The SMILES string of the molecule is CC(C)(C)c1cccc(Nc2nc(Nc3ccc4c(c3)NCC4)ncc2C(=O)NC2CC2)n1. The van der Waals surface area contributed by atoms with Crippen LogP contribution in [0, 0.1) is 0 Å². The van der Waals surface area contributed by atoms with Gasteiger partial charge in [-0.3, -0.25) is 4.79 Å². The van der Waals surface area contributed by atoms with Crippen molar-refractivity contribution in [3.05, 3.63) is 59.4 Å². The highest BCUT2D eigenvalue weighted by atomic mass is 16.1. The van der Waals surface area contributed by atoms with E-state index in [0.29, 0.717) is 23.1 Å². The number of hydrogen-bond donors (Lipinski definition) is 4. The lowest BCUT2D eigenvalue weighted by atomic mass is 9.92. The average Bonchev–Trinajstić information content (AvgIpc) is 3.46. The maximum atomic E-state index is 12.8. The minimum Gasteiger partial charge on any atom is -0.384 e. The zero-order chi connectivity index (χ0) is 23.0. The molecule has 0 spiro atoms. The first-order valence-corrected chi connectivity index (χ1v) is 11.4. The molecule has 3 heterocycles. The minimum atomic E-state index is -0.180. The molecule has 1 aliphatic carbocycles. The number of carbonyl (C=O) groups excluding carboxylic acids is 1. The number of benzene rings is 1. The monoisotopic (exact) mass is 443 g/mol. The molecule has 1 aromatic carbocycles. The lowest BCUT2D eigenvalue weighted by Gasteiger charge is -2.19. The van der Waals surface area contributed by atoms with Gasteiger partial charge in [0.05, 0.1) is 0 Å². The van der Waals surface area contributed by atoms with E-state index in [9.17, 15) is 4.79 Å². The highest BCUT2D eigenvalue weighted by Crippen LogP contribution is 2.28. The summed E-state index contributed by atoms with van der Waals surface area (Å²) in [7, 11) is 0. The predicted molar refractivity (Wildman–Crippen MR) is 131 cm³/mol. The molecule has 1 amide bonds. The molecule has 1 aliphatic heterocycles. The second kappa shape index (κ2) is 8.35. The molecule has 2 aliphatic rings. The Labute approximate surface area is 193 Å². The normalized spacial score (nSPS) is 14.9. The minimum absolute atomic E-state index is 0.0934. The first kappa shape index (κ1) is 21.2. The summed E-state index contributed by atoms with van der Waals surface area (Å²) in [5.74, 6) is 1.28. The molecule has 0 atom stereocenters. The smallest absolute Gasteiger partial charge is 0.256 e. The van der Waals surface area contributed by atoms with E-state index in [4.69, 9.17) is 4.98 Å². The van der Waals surface area contributed by atoms with Crippen LogP contribution in [-0.2, 0) is 11.8 Å². The number of anilines is 5. The lowest BCUT2D eigenvalue weighted by molar-refractivity contribution is 0.0951. The fraction of sp³-hybridized carbons (Fsp3) is 0.360. The van der Waals surface area contributed by atoms with Crippen LogP contribution in [0.3, 0.4) is 0 Å². The van der Waals surface area contributed by atoms with E-state index in [1.54, 1.807) is 6.20 Å². The first-order chi connectivity index (χ1) is 15.8. The van der Waals surface area contributed by atoms with Crippen molar-refractivity contribution >= 4 is 34.9 Å². The summed E-state index contributed by atoms with van der Waals surface area (Å²) in [6.07, 6.45) is 4.62. The molecule has 0 saturated heterocycles. The van der Waals surface area contributed by atoms with E-state index in [1.165, 1.54) is 5.56 Å². The first-order valence-electron chi connectivity index (χ1n) is 11.4. The van der Waals surface area contributed by atoms with Gasteiger partial charge in [-0.15, -0.1) is 0 Å². The largest absolute Gasteiger partial charge is 0.384 e. The van der Waals surface area contributed by atoms with Crippen LogP contribution in [0.2, 0.25) is 0 Å². The number of hydrogen-bond acceptors (Lipinski definition) is 7. The van der Waals surface area contributed by atoms with Crippen molar-refractivity contribution in [1.29, 1.82) is 0 Å². The molecule has 1 saturated carbocycles. The molecular formula is C25H29N7O. The molecule has 0 bridgehead atoms. The third-order valence-electron chi connectivity index (χ3n) is 5.79. The predicted octanol–water partition coefficient (Wildman–Crippen LogP) is 4.52. The number of nitrogens with zero attached hydrogens (tertiary/aromatic N) is 3. The van der Waals surface area contributed by atoms with E-state index in [-0.39, 0.29) is 17.4 Å². The Balaban J connectivity index is 1.44. The van der Waals surface area contributed by atoms with Gasteiger partial charge >= 0.3 is 0 Å². The highest BCUT2D eigenvalue weighted by molar-refractivity contribution is 5.99. The van der Waals surface area contributed by atoms with E-state index in [1.807, 2.05) is 24.3 Å². The number of pyridine rings is 1. The average molecular weight is 444 g/mol. The van der Waals surface area contributed by atoms with Crippen LogP contribution < -0.4 is 21.3 Å². The molecule has 5 rings (SSSR count). The van der Waals surface area contributed by atoms with Crippen molar-refractivity contribution in [1.82, 2.24) is 20.3 Å². The molecule has 3 aromatic rings. The Morgan fingerprint density at radius 3 is 2.73 bits per heavy atom. The van der Waals surface area contributed by atoms with Crippen LogP contribution in [0.25, 0.3) is 0 Å². The Hall–Kier alpha value is -3.68. The Bertz CT molecular complexity index is 1200. The third kappa shape index (κ3) is 4.89. The van der Waals surface area contributed by atoms with E-state index in [2.05, 4.69) is 64.1 Å². The number of carbonyl (C=O) groups is 1. The quantitative estimate of drug-likeness (QED) is 0.444. The van der Waals surface area contributed by atoms with Gasteiger partial charge in [-0.05, 0) is 49.1 Å². The number of nitrogens with one attached hydrogen (secondary N) is 4. The molecule has 0 unspecified atom stereocenters. The number of fused-ring (bicyclic) bond motifs is 1. The summed E-state index contributed by atoms with van der Waals surface area (Å²) in [5.41, 5.74) is 4.57. The van der Waals surface area contributed by atoms with Crippen LogP contribution in [0.4, 0.5) is 29.0 Å². The molecule has 0 radical (unpaired) electrons. The van der Waals surface area contributed by atoms with E-state index >= 15 is 0 Å². The van der Waals surface area contributed by atoms with Crippen molar-refractivity contribution in [2.45, 2.75) is 51.5 Å². The number of aromatic nitrogens is 3. The molecule has 8 heteroatoms. The zero-order valence-corrected chi connectivity index (χ0v) is 19.2. The van der Waals surface area contributed by atoms with Gasteiger partial charge in [0.2, 0.25) is 5.95 Å². The summed E-state index contributed by atoms with van der Waals surface area (Å²) in [6, 6.07) is 12.3. The molecular weight excluding hydrogens is 414 g/mol. The molecule has 8 nitrogen and oxygen atoms in total. The molecule has 4 N–H and O–H groups in total.